The van der Waals surface area contributed by atoms with Crippen LogP contribution in [0.5, 0.6) is 5.75 Å². The van der Waals surface area contributed by atoms with Crippen LogP contribution in [0.15, 0.2) is 24.3 Å². The molecule has 0 bridgehead atoms. The van der Waals surface area contributed by atoms with Crippen molar-refractivity contribution in [3.8, 4) is 5.75 Å². The van der Waals surface area contributed by atoms with Crippen LogP contribution >= 0.6 is 0 Å². The van der Waals surface area contributed by atoms with E-state index in [2.05, 4.69) is 0 Å². The van der Waals surface area contributed by atoms with Gasteiger partial charge in [0.25, 0.3) is 0 Å². The molecule has 1 unspecified atom stereocenters. The molecule has 0 spiro atoms. The molecule has 1 rings (SSSR count). The van der Waals surface area contributed by atoms with Crippen LogP contribution in [0.25, 0.3) is 0 Å². The van der Waals surface area contributed by atoms with E-state index in [0.29, 0.717) is 12.2 Å². The van der Waals surface area contributed by atoms with E-state index in [0.717, 1.165) is 0 Å². The zero-order chi connectivity index (χ0) is 10.6. The smallest absolute Gasteiger partial charge is 0.155 e. The van der Waals surface area contributed by atoms with Gasteiger partial charge >= 0.3 is 0 Å². The van der Waals surface area contributed by atoms with Crippen LogP contribution in [-0.4, -0.2) is 11.9 Å². The summed E-state index contributed by atoms with van der Waals surface area (Å²) in [6.07, 6.45) is 0.114. The molecule has 1 atom stereocenters. The lowest BCUT2D eigenvalue weighted by Gasteiger charge is -2.15. The van der Waals surface area contributed by atoms with Crippen LogP contribution in [0.4, 0.5) is 4.39 Å². The van der Waals surface area contributed by atoms with Crippen molar-refractivity contribution in [3.05, 3.63) is 30.1 Å². The molecule has 0 aliphatic rings. The van der Waals surface area contributed by atoms with Crippen molar-refractivity contribution in [2.75, 3.05) is 0 Å². The molecule has 0 aliphatic carbocycles. The predicted octanol–water partition coefficient (Wildman–Crippen LogP) is 1.92. The Labute approximate surface area is 82.2 Å². The monoisotopic (exact) mass is 196 g/mol. The maximum absolute atomic E-state index is 12.8. The van der Waals surface area contributed by atoms with E-state index in [9.17, 15) is 4.39 Å². The third kappa shape index (κ3) is 2.73. The number of benzene rings is 1. The molecular weight excluding hydrogens is 183 g/mol. The van der Waals surface area contributed by atoms with Crippen LogP contribution in [0.2, 0.25) is 0 Å². The minimum Gasteiger partial charge on any atom is -0.482 e. The van der Waals surface area contributed by atoms with Crippen molar-refractivity contribution >= 4 is 5.84 Å². The zero-order valence-electron chi connectivity index (χ0n) is 7.96. The number of amidine groups is 1. The second-order valence-corrected chi connectivity index (χ2v) is 2.93. The average Bonchev–Trinajstić information content (AvgIpc) is 2.14. The molecule has 14 heavy (non-hydrogen) atoms. The van der Waals surface area contributed by atoms with Gasteiger partial charge in [-0.05, 0) is 18.6 Å². The van der Waals surface area contributed by atoms with Gasteiger partial charge in [0.2, 0.25) is 0 Å². The van der Waals surface area contributed by atoms with Gasteiger partial charge in [0.05, 0.1) is 0 Å². The summed E-state index contributed by atoms with van der Waals surface area (Å²) in [5, 5.41) is 7.21. The Morgan fingerprint density at radius 3 is 2.86 bits per heavy atom. The molecule has 1 aromatic rings. The van der Waals surface area contributed by atoms with Gasteiger partial charge in [-0.15, -0.1) is 0 Å². The Kier molecular flexibility index (Phi) is 3.45. The average molecular weight is 196 g/mol. The van der Waals surface area contributed by atoms with E-state index < -0.39 is 6.10 Å². The van der Waals surface area contributed by atoms with Gasteiger partial charge < -0.3 is 10.5 Å². The number of nitrogens with one attached hydrogen (secondary N) is 1. The number of hydrogen-bond acceptors (Lipinski definition) is 2. The molecule has 0 heterocycles. The summed E-state index contributed by atoms with van der Waals surface area (Å²) in [6, 6.07) is 5.79. The summed E-state index contributed by atoms with van der Waals surface area (Å²) in [5.41, 5.74) is 5.30. The molecule has 0 aliphatic heterocycles. The second kappa shape index (κ2) is 4.60. The summed E-state index contributed by atoms with van der Waals surface area (Å²) < 4.78 is 18.1. The number of ether oxygens (including phenoxy) is 1. The van der Waals surface area contributed by atoms with Crippen molar-refractivity contribution < 1.29 is 9.13 Å². The van der Waals surface area contributed by atoms with E-state index in [-0.39, 0.29) is 11.7 Å². The predicted molar refractivity (Wildman–Crippen MR) is 53.0 cm³/mol. The molecule has 76 valence electrons. The third-order valence-corrected chi connectivity index (χ3v) is 1.79. The van der Waals surface area contributed by atoms with E-state index >= 15 is 0 Å². The Bertz CT molecular complexity index is 328. The normalized spacial score (nSPS) is 12.1. The Hall–Kier alpha value is -1.58. The minimum absolute atomic E-state index is 0.0447. The number of hydrogen-bond donors (Lipinski definition) is 2. The largest absolute Gasteiger partial charge is 0.482 e. The van der Waals surface area contributed by atoms with Gasteiger partial charge in [0.1, 0.15) is 17.4 Å². The fourth-order valence-electron chi connectivity index (χ4n) is 1.07. The van der Waals surface area contributed by atoms with Crippen molar-refractivity contribution in [2.24, 2.45) is 5.73 Å². The Balaban J connectivity index is 2.72. The van der Waals surface area contributed by atoms with Crippen LogP contribution in [0.3, 0.4) is 0 Å². The van der Waals surface area contributed by atoms with Crippen LogP contribution in [0, 0.1) is 11.2 Å². The molecule has 0 saturated carbocycles. The maximum Gasteiger partial charge on any atom is 0.155 e. The highest BCUT2D eigenvalue weighted by Gasteiger charge is 2.11. The van der Waals surface area contributed by atoms with Crippen LogP contribution in [0.1, 0.15) is 13.3 Å². The van der Waals surface area contributed by atoms with E-state index in [1.807, 2.05) is 6.92 Å². The van der Waals surface area contributed by atoms with Crippen molar-refractivity contribution in [3.63, 3.8) is 0 Å². The molecule has 0 amide bonds. The number of rotatable bonds is 4. The molecular formula is C10H13FN2O. The minimum atomic E-state index is -0.475. The third-order valence-electron chi connectivity index (χ3n) is 1.79. The van der Waals surface area contributed by atoms with Crippen LogP contribution < -0.4 is 10.5 Å². The lowest BCUT2D eigenvalue weighted by atomic mass is 10.2. The summed E-state index contributed by atoms with van der Waals surface area (Å²) >= 11 is 0. The first-order valence-corrected chi connectivity index (χ1v) is 4.39. The molecule has 1 aromatic carbocycles. The maximum atomic E-state index is 12.8. The Morgan fingerprint density at radius 1 is 1.64 bits per heavy atom. The van der Waals surface area contributed by atoms with Gasteiger partial charge in [-0.2, -0.15) is 0 Å². The highest BCUT2D eigenvalue weighted by Crippen LogP contribution is 2.14. The molecule has 0 saturated heterocycles. The summed E-state index contributed by atoms with van der Waals surface area (Å²) in [5.74, 6) is -0.00952. The quantitative estimate of drug-likeness (QED) is 0.571. The highest BCUT2D eigenvalue weighted by atomic mass is 19.1. The molecule has 3 nitrogen and oxygen atoms in total. The highest BCUT2D eigenvalue weighted by molar-refractivity contribution is 5.81. The lowest BCUT2D eigenvalue weighted by molar-refractivity contribution is 0.259. The van der Waals surface area contributed by atoms with Gasteiger partial charge in [-0.3, -0.25) is 5.41 Å². The van der Waals surface area contributed by atoms with Crippen molar-refractivity contribution in [1.29, 1.82) is 5.41 Å². The molecule has 0 radical (unpaired) electrons. The standard InChI is InChI=1S/C10H13FN2O/c1-2-9(10(12)13)14-8-5-3-4-7(11)6-8/h3-6,9H,2H2,1H3,(H3,12,13). The lowest BCUT2D eigenvalue weighted by Crippen LogP contribution is -2.32. The van der Waals surface area contributed by atoms with E-state index in [1.165, 1.54) is 12.1 Å². The number of halogens is 1. The van der Waals surface area contributed by atoms with Crippen molar-refractivity contribution in [1.82, 2.24) is 0 Å². The molecule has 0 fully saturated rings. The fourth-order valence-corrected chi connectivity index (χ4v) is 1.07. The van der Waals surface area contributed by atoms with Gasteiger partial charge in [0.15, 0.2) is 6.10 Å². The van der Waals surface area contributed by atoms with Gasteiger partial charge in [0, 0.05) is 6.07 Å². The van der Waals surface area contributed by atoms with Crippen molar-refractivity contribution in [2.45, 2.75) is 19.4 Å². The molecule has 3 N–H and O–H groups in total. The summed E-state index contributed by atoms with van der Waals surface area (Å²) in [4.78, 5) is 0. The van der Waals surface area contributed by atoms with Gasteiger partial charge in [-0.25, -0.2) is 4.39 Å². The molecule has 4 heteroatoms. The van der Waals surface area contributed by atoms with E-state index in [1.54, 1.807) is 12.1 Å². The van der Waals surface area contributed by atoms with Crippen LogP contribution in [-0.2, 0) is 0 Å². The summed E-state index contributed by atoms with van der Waals surface area (Å²) in [7, 11) is 0. The zero-order valence-corrected chi connectivity index (χ0v) is 7.96. The summed E-state index contributed by atoms with van der Waals surface area (Å²) in [6.45, 7) is 1.85. The topological polar surface area (TPSA) is 59.1 Å². The van der Waals surface area contributed by atoms with Gasteiger partial charge in [-0.1, -0.05) is 13.0 Å². The first-order valence-electron chi connectivity index (χ1n) is 4.39. The fraction of sp³-hybridized carbons (Fsp3) is 0.300. The first kappa shape index (κ1) is 10.5. The number of nitrogens with two attached hydrogens (primary N) is 1. The first-order chi connectivity index (χ1) is 6.63. The second-order valence-electron chi connectivity index (χ2n) is 2.93. The Morgan fingerprint density at radius 2 is 2.36 bits per heavy atom. The van der Waals surface area contributed by atoms with E-state index in [4.69, 9.17) is 15.9 Å². The molecule has 0 aromatic heterocycles. The SMILES string of the molecule is CCC(Oc1cccc(F)c1)C(=N)N.